The predicted molar refractivity (Wildman–Crippen MR) is 85.4 cm³/mol. The van der Waals surface area contributed by atoms with E-state index >= 15 is 0 Å². The summed E-state index contributed by atoms with van der Waals surface area (Å²) in [5.41, 5.74) is 2.28. The molecule has 100 valence electrons. The smallest absolute Gasteiger partial charge is 0.344 e. The molecule has 0 aliphatic carbocycles. The highest BCUT2D eigenvalue weighted by molar-refractivity contribution is 9.10. The Labute approximate surface area is 129 Å². The van der Waals surface area contributed by atoms with E-state index in [4.69, 9.17) is 16.0 Å². The van der Waals surface area contributed by atoms with Crippen LogP contribution in [0.3, 0.4) is 0 Å². The van der Waals surface area contributed by atoms with Crippen LogP contribution < -0.4 is 5.63 Å². The first kappa shape index (κ1) is 13.4. The Bertz CT molecular complexity index is 868. The van der Waals surface area contributed by atoms with Gasteiger partial charge in [0.05, 0.1) is 5.56 Å². The van der Waals surface area contributed by atoms with Gasteiger partial charge in [-0.1, -0.05) is 45.7 Å². The molecule has 2 aromatic carbocycles. The van der Waals surface area contributed by atoms with Gasteiger partial charge in [0.1, 0.15) is 5.58 Å². The minimum Gasteiger partial charge on any atom is -0.422 e. The largest absolute Gasteiger partial charge is 0.422 e. The van der Waals surface area contributed by atoms with Crippen LogP contribution in [0.2, 0.25) is 5.02 Å². The molecule has 0 radical (unpaired) electrons. The molecule has 0 aliphatic heterocycles. The summed E-state index contributed by atoms with van der Waals surface area (Å²) in [6, 6.07) is 12.8. The quantitative estimate of drug-likeness (QED) is 0.566. The lowest BCUT2D eigenvalue weighted by atomic mass is 10.00. The summed E-state index contributed by atoms with van der Waals surface area (Å²) in [5.74, 6) is 0. The van der Waals surface area contributed by atoms with Crippen LogP contribution in [0.1, 0.15) is 5.56 Å². The third-order valence-electron chi connectivity index (χ3n) is 3.27. The van der Waals surface area contributed by atoms with Crippen LogP contribution in [0.5, 0.6) is 0 Å². The standard InChI is InChI=1S/C16H10BrClO2/c1-9-12-8-10(17)6-7-14(12)20-16(19)15(9)11-4-2-3-5-13(11)18/h2-8H,1H3. The topological polar surface area (TPSA) is 30.2 Å². The third-order valence-corrected chi connectivity index (χ3v) is 4.09. The number of hydrogen-bond donors (Lipinski definition) is 0. The summed E-state index contributed by atoms with van der Waals surface area (Å²) in [6.07, 6.45) is 0. The highest BCUT2D eigenvalue weighted by Crippen LogP contribution is 2.32. The first-order chi connectivity index (χ1) is 9.58. The van der Waals surface area contributed by atoms with Gasteiger partial charge in [0.25, 0.3) is 0 Å². The molecule has 0 spiro atoms. The maximum absolute atomic E-state index is 12.3. The second-order valence-corrected chi connectivity index (χ2v) is 5.83. The summed E-state index contributed by atoms with van der Waals surface area (Å²) < 4.78 is 6.34. The Balaban J connectivity index is 2.43. The molecule has 0 saturated heterocycles. The Kier molecular flexibility index (Phi) is 3.40. The minimum atomic E-state index is -0.370. The number of rotatable bonds is 1. The summed E-state index contributed by atoms with van der Waals surface area (Å²) in [5, 5.41) is 1.44. The van der Waals surface area contributed by atoms with Crippen molar-refractivity contribution in [2.45, 2.75) is 6.92 Å². The van der Waals surface area contributed by atoms with Crippen LogP contribution in [-0.4, -0.2) is 0 Å². The zero-order valence-electron chi connectivity index (χ0n) is 10.6. The molecular weight excluding hydrogens is 340 g/mol. The third kappa shape index (κ3) is 2.17. The molecule has 1 aromatic heterocycles. The van der Waals surface area contributed by atoms with E-state index in [1.54, 1.807) is 12.1 Å². The van der Waals surface area contributed by atoms with Crippen molar-refractivity contribution in [3.8, 4) is 11.1 Å². The maximum atomic E-state index is 12.3. The molecule has 0 saturated carbocycles. The summed E-state index contributed by atoms with van der Waals surface area (Å²) >= 11 is 9.63. The predicted octanol–water partition coefficient (Wildman–Crippen LogP) is 5.18. The van der Waals surface area contributed by atoms with Gasteiger partial charge in [-0.2, -0.15) is 0 Å². The summed E-state index contributed by atoms with van der Waals surface area (Å²) in [7, 11) is 0. The average molecular weight is 350 g/mol. The van der Waals surface area contributed by atoms with Gasteiger partial charge < -0.3 is 4.42 Å². The Morgan fingerprint density at radius 1 is 1.15 bits per heavy atom. The van der Waals surface area contributed by atoms with E-state index in [9.17, 15) is 4.79 Å². The second kappa shape index (κ2) is 5.08. The molecular formula is C16H10BrClO2. The van der Waals surface area contributed by atoms with Crippen molar-refractivity contribution in [2.24, 2.45) is 0 Å². The fourth-order valence-electron chi connectivity index (χ4n) is 2.30. The van der Waals surface area contributed by atoms with Gasteiger partial charge in [-0.05, 0) is 36.8 Å². The molecule has 0 aliphatic rings. The molecule has 0 unspecified atom stereocenters. The Morgan fingerprint density at radius 2 is 1.90 bits per heavy atom. The number of fused-ring (bicyclic) bond motifs is 1. The van der Waals surface area contributed by atoms with E-state index in [0.717, 1.165) is 15.4 Å². The molecule has 0 N–H and O–H groups in total. The lowest BCUT2D eigenvalue weighted by Gasteiger charge is -2.09. The van der Waals surface area contributed by atoms with Crippen LogP contribution in [0.25, 0.3) is 22.1 Å². The van der Waals surface area contributed by atoms with Gasteiger partial charge in [-0.15, -0.1) is 0 Å². The van der Waals surface area contributed by atoms with Crippen LogP contribution in [0.4, 0.5) is 0 Å². The second-order valence-electron chi connectivity index (χ2n) is 4.51. The lowest BCUT2D eigenvalue weighted by Crippen LogP contribution is -2.06. The van der Waals surface area contributed by atoms with E-state index in [-0.39, 0.29) is 5.63 Å². The Morgan fingerprint density at radius 3 is 2.65 bits per heavy atom. The van der Waals surface area contributed by atoms with Crippen molar-refractivity contribution < 1.29 is 4.42 Å². The van der Waals surface area contributed by atoms with E-state index < -0.39 is 0 Å². The highest BCUT2D eigenvalue weighted by atomic mass is 79.9. The number of aryl methyl sites for hydroxylation is 1. The van der Waals surface area contributed by atoms with E-state index in [1.165, 1.54) is 0 Å². The van der Waals surface area contributed by atoms with Gasteiger partial charge in [0, 0.05) is 20.4 Å². The molecule has 20 heavy (non-hydrogen) atoms. The van der Waals surface area contributed by atoms with Crippen LogP contribution in [0, 0.1) is 6.92 Å². The monoisotopic (exact) mass is 348 g/mol. The zero-order valence-corrected chi connectivity index (χ0v) is 13.0. The lowest BCUT2D eigenvalue weighted by molar-refractivity contribution is 0.562. The van der Waals surface area contributed by atoms with Gasteiger partial charge in [-0.3, -0.25) is 0 Å². The fourth-order valence-corrected chi connectivity index (χ4v) is 2.89. The molecule has 0 atom stereocenters. The highest BCUT2D eigenvalue weighted by Gasteiger charge is 2.15. The van der Waals surface area contributed by atoms with E-state index in [0.29, 0.717) is 21.7 Å². The molecule has 2 nitrogen and oxygen atoms in total. The molecule has 0 bridgehead atoms. The SMILES string of the molecule is Cc1c(-c2ccccc2Cl)c(=O)oc2ccc(Br)cc12. The maximum Gasteiger partial charge on any atom is 0.344 e. The van der Waals surface area contributed by atoms with Crippen LogP contribution in [-0.2, 0) is 0 Å². The number of halogens is 2. The summed E-state index contributed by atoms with van der Waals surface area (Å²) in [4.78, 5) is 12.3. The van der Waals surface area contributed by atoms with E-state index in [2.05, 4.69) is 15.9 Å². The first-order valence-corrected chi connectivity index (χ1v) is 7.23. The van der Waals surface area contributed by atoms with Gasteiger partial charge >= 0.3 is 5.63 Å². The number of benzene rings is 2. The van der Waals surface area contributed by atoms with Crippen molar-refractivity contribution in [3.05, 3.63) is 67.9 Å². The fraction of sp³-hybridized carbons (Fsp3) is 0.0625. The summed E-state index contributed by atoms with van der Waals surface area (Å²) in [6.45, 7) is 1.91. The molecule has 4 heteroatoms. The minimum absolute atomic E-state index is 0.370. The van der Waals surface area contributed by atoms with Gasteiger partial charge in [0.2, 0.25) is 0 Å². The molecule has 0 fully saturated rings. The van der Waals surface area contributed by atoms with Crippen molar-refractivity contribution in [2.75, 3.05) is 0 Å². The van der Waals surface area contributed by atoms with Crippen molar-refractivity contribution in [1.29, 1.82) is 0 Å². The number of hydrogen-bond acceptors (Lipinski definition) is 2. The van der Waals surface area contributed by atoms with E-state index in [1.807, 2.05) is 37.3 Å². The average Bonchev–Trinajstić information content (AvgIpc) is 2.42. The van der Waals surface area contributed by atoms with Crippen molar-refractivity contribution in [3.63, 3.8) is 0 Å². The first-order valence-electron chi connectivity index (χ1n) is 6.06. The molecule has 1 heterocycles. The van der Waals surface area contributed by atoms with Gasteiger partial charge in [0.15, 0.2) is 0 Å². The van der Waals surface area contributed by atoms with Crippen LogP contribution in [0.15, 0.2) is 56.1 Å². The zero-order chi connectivity index (χ0) is 14.3. The van der Waals surface area contributed by atoms with Crippen molar-refractivity contribution in [1.82, 2.24) is 0 Å². The van der Waals surface area contributed by atoms with Crippen LogP contribution >= 0.6 is 27.5 Å². The van der Waals surface area contributed by atoms with Gasteiger partial charge in [-0.25, -0.2) is 4.79 Å². The normalized spacial score (nSPS) is 10.9. The van der Waals surface area contributed by atoms with Crippen molar-refractivity contribution >= 4 is 38.5 Å². The Hall–Kier alpha value is -1.58. The molecule has 3 aromatic rings. The molecule has 3 rings (SSSR count). The molecule has 0 amide bonds.